The van der Waals surface area contributed by atoms with Gasteiger partial charge >= 0.3 is 23.9 Å². The number of nitriles is 3. The number of rotatable bonds is 31. The molecule has 0 bridgehead atoms. The maximum Gasteiger partial charge on any atom is 0.322 e. The van der Waals surface area contributed by atoms with Gasteiger partial charge in [-0.2, -0.15) is 15.8 Å². The summed E-state index contributed by atoms with van der Waals surface area (Å²) in [5.74, 6) is -4.57. The second kappa shape index (κ2) is 47.3. The summed E-state index contributed by atoms with van der Waals surface area (Å²) in [5, 5.41) is 76.8. The van der Waals surface area contributed by atoms with Crippen LogP contribution in [0.4, 0.5) is 27.1 Å². The summed E-state index contributed by atoms with van der Waals surface area (Å²) in [7, 11) is 0. The molecular formula is C82H77Br6Cl2FN8O17. The highest BCUT2D eigenvalue weighted by Gasteiger charge is 2.21. The molecule has 34 heteroatoms. The predicted octanol–water partition coefficient (Wildman–Crippen LogP) is 19.6. The van der Waals surface area contributed by atoms with E-state index in [1.165, 1.54) is 24.3 Å². The van der Waals surface area contributed by atoms with Crippen LogP contribution < -0.4 is 45.5 Å². The highest BCUT2D eigenvalue weighted by Crippen LogP contribution is 2.40. The Morgan fingerprint density at radius 2 is 0.672 bits per heavy atom. The molecule has 0 aliphatic heterocycles. The highest BCUT2D eigenvalue weighted by molar-refractivity contribution is 9.12. The zero-order chi connectivity index (χ0) is 86.4. The standard InChI is InChI=1S/C21H19Br2N3O5.C21H20Br2N2O4.C21H20Cl2N2O4.C19H18Br2FNO4/c1-11(2)20(29)26-15-4-12(8-24)3-13(5-15)10-31-19-16(22)6-14(7-17(19)23)21(30)25-9-18(27)28;2*1-12(2)21(28)25-16-6-14(10-24)5-15(7-16)11-29-20-17(22)8-13(9-18(20)23)3-4-19(26)27;1-10(2)19(26)23-14-4-12(3-13(22)8-14)9-27-18-15(20)5-11(6-16(18)21)7-17(24)25/h3-7,11H,9-10H2,1-2H3,(H,25,30)(H,26,29)(H,27,28);2*5-9,12H,3-4,11H2,1-2H3,(H,25,28)(H,26,27);3-6,8,10H,7,9H2,1-2H3,(H,23,26)(H,24,25). The van der Waals surface area contributed by atoms with Crippen LogP contribution in [0.15, 0.2) is 148 Å². The van der Waals surface area contributed by atoms with Crippen LogP contribution in [-0.4, -0.2) is 80.4 Å². The number of benzene rings is 8. The topological polar surface area (TPSA) is 403 Å². The van der Waals surface area contributed by atoms with Crippen LogP contribution in [0.3, 0.4) is 0 Å². The minimum Gasteiger partial charge on any atom is -0.487 e. The minimum atomic E-state index is -1.14. The van der Waals surface area contributed by atoms with E-state index >= 15 is 0 Å². The fraction of sp³-hybridized carbons (Fsp3) is 0.268. The largest absolute Gasteiger partial charge is 0.487 e. The normalized spacial score (nSPS) is 10.5. The molecule has 0 spiro atoms. The number of carbonyl (C=O) groups is 9. The Morgan fingerprint density at radius 1 is 0.379 bits per heavy atom. The van der Waals surface area contributed by atoms with E-state index < -0.39 is 42.1 Å². The van der Waals surface area contributed by atoms with Gasteiger partial charge in [-0.3, -0.25) is 43.2 Å². The molecule has 0 radical (unpaired) electrons. The summed E-state index contributed by atoms with van der Waals surface area (Å²) in [4.78, 5) is 103. The molecular weight excluding hydrogens is 1940 g/mol. The number of carboxylic acid groups (broad SMARTS) is 4. The lowest BCUT2D eigenvalue weighted by Crippen LogP contribution is -2.29. The third kappa shape index (κ3) is 33.0. The van der Waals surface area contributed by atoms with E-state index in [9.17, 15) is 63.3 Å². The van der Waals surface area contributed by atoms with E-state index in [2.05, 4.69) is 140 Å². The first-order chi connectivity index (χ1) is 54.6. The lowest BCUT2D eigenvalue weighted by molar-refractivity contribution is -0.138. The number of nitrogens with one attached hydrogen (secondary N) is 5. The molecule has 0 aromatic heterocycles. The van der Waals surface area contributed by atoms with Gasteiger partial charge in [-0.05, 0) is 269 Å². The van der Waals surface area contributed by atoms with Gasteiger partial charge in [0.2, 0.25) is 23.6 Å². The molecule has 9 N–H and O–H groups in total. The monoisotopic (exact) mass is 2010 g/mol. The molecule has 0 saturated carbocycles. The number of amides is 5. The molecule has 8 rings (SSSR count). The van der Waals surface area contributed by atoms with Gasteiger partial charge < -0.3 is 66.0 Å². The number of carboxylic acids is 4. The lowest BCUT2D eigenvalue weighted by atomic mass is 10.1. The summed E-state index contributed by atoms with van der Waals surface area (Å²) in [6.45, 7) is 14.1. The van der Waals surface area contributed by atoms with Gasteiger partial charge in [0, 0.05) is 64.8 Å². The van der Waals surface area contributed by atoms with Crippen molar-refractivity contribution in [2.75, 3.05) is 27.8 Å². The minimum absolute atomic E-state index is 0.0291. The SMILES string of the molecule is CC(C)C(=O)Nc1cc(C#N)cc(COc2c(Br)cc(C(=O)NCC(=O)O)cc2Br)c1.CC(C)C(=O)Nc1cc(C#N)cc(COc2c(Br)cc(CCC(=O)O)cc2Br)c1.CC(C)C(=O)Nc1cc(C#N)cc(COc2c(Cl)cc(CCC(=O)O)cc2Cl)c1.CC(C)C(=O)Nc1cc(F)cc(COc2c(Br)cc(CC(=O)O)cc2Br)c1. The molecule has 0 aliphatic rings. The van der Waals surface area contributed by atoms with E-state index in [1.807, 2.05) is 12.1 Å². The number of aryl methyl sites for hydroxylation is 2. The van der Waals surface area contributed by atoms with Crippen molar-refractivity contribution >= 4 is 195 Å². The van der Waals surface area contributed by atoms with Crippen molar-refractivity contribution in [2.45, 2.75) is 114 Å². The van der Waals surface area contributed by atoms with Crippen LogP contribution >= 0.6 is 119 Å². The zero-order valence-electron chi connectivity index (χ0n) is 63.3. The van der Waals surface area contributed by atoms with Gasteiger partial charge in [-0.15, -0.1) is 0 Å². The van der Waals surface area contributed by atoms with Gasteiger partial charge in [-0.25, -0.2) is 4.39 Å². The van der Waals surface area contributed by atoms with Gasteiger partial charge in [-0.1, -0.05) is 78.6 Å². The van der Waals surface area contributed by atoms with Gasteiger partial charge in [0.15, 0.2) is 5.75 Å². The Morgan fingerprint density at radius 3 is 0.974 bits per heavy atom. The van der Waals surface area contributed by atoms with Crippen LogP contribution in [0.1, 0.15) is 134 Å². The zero-order valence-corrected chi connectivity index (χ0v) is 74.3. The molecule has 0 aliphatic carbocycles. The summed E-state index contributed by atoms with van der Waals surface area (Å²) < 4.78 is 40.6. The molecule has 8 aromatic rings. The molecule has 25 nitrogen and oxygen atoms in total. The Balaban J connectivity index is 0.000000276. The second-order valence-corrected chi connectivity index (χ2v) is 32.5. The van der Waals surface area contributed by atoms with Gasteiger partial charge in [0.1, 0.15) is 56.0 Å². The molecule has 0 atom stereocenters. The van der Waals surface area contributed by atoms with Gasteiger partial charge in [0.25, 0.3) is 5.91 Å². The number of aliphatic carboxylic acids is 4. The molecule has 0 saturated heterocycles. The number of hydrogen-bond donors (Lipinski definition) is 9. The van der Waals surface area contributed by atoms with Crippen LogP contribution in [0.25, 0.3) is 0 Å². The second-order valence-electron chi connectivity index (χ2n) is 26.5. The van der Waals surface area contributed by atoms with Crippen LogP contribution in [-0.2, 0) is 84.0 Å². The summed E-state index contributed by atoms with van der Waals surface area (Å²) in [5.41, 5.74) is 8.11. The molecule has 0 fully saturated rings. The first kappa shape index (κ1) is 96.6. The number of anilines is 4. The first-order valence-corrected chi connectivity index (χ1v) is 40.4. The van der Waals surface area contributed by atoms with Crippen LogP contribution in [0, 0.1) is 63.5 Å². The van der Waals surface area contributed by atoms with Gasteiger partial charge in [0.05, 0.1) is 78.2 Å². The summed E-state index contributed by atoms with van der Waals surface area (Å²) >= 11 is 32.8. The molecule has 8 aromatic carbocycles. The van der Waals surface area contributed by atoms with Crippen molar-refractivity contribution in [3.63, 3.8) is 0 Å². The maximum atomic E-state index is 13.9. The summed E-state index contributed by atoms with van der Waals surface area (Å²) in [6, 6.07) is 38.6. The number of ether oxygens (including phenoxy) is 4. The Bertz CT molecular complexity index is 4880. The van der Waals surface area contributed by atoms with Crippen molar-refractivity contribution in [1.82, 2.24) is 5.32 Å². The molecule has 5 amide bonds. The highest BCUT2D eigenvalue weighted by atomic mass is 79.9. The fourth-order valence-corrected chi connectivity index (χ4v) is 14.8. The smallest absolute Gasteiger partial charge is 0.322 e. The average molecular weight is 2020 g/mol. The number of nitrogens with zero attached hydrogens (tertiary/aromatic N) is 3. The third-order valence-electron chi connectivity index (χ3n) is 15.5. The Labute approximate surface area is 728 Å². The lowest BCUT2D eigenvalue weighted by Gasteiger charge is -2.14. The fourth-order valence-electron chi connectivity index (χ4n) is 9.72. The van der Waals surface area contributed by atoms with Crippen molar-refractivity contribution in [2.24, 2.45) is 23.7 Å². The Hall–Kier alpha value is -9.95. The predicted molar refractivity (Wildman–Crippen MR) is 456 cm³/mol. The quantitative estimate of drug-likeness (QED) is 0.0195. The van der Waals surface area contributed by atoms with E-state index in [-0.39, 0.29) is 114 Å². The van der Waals surface area contributed by atoms with Crippen LogP contribution in [0.5, 0.6) is 23.0 Å². The van der Waals surface area contributed by atoms with Crippen molar-refractivity contribution in [3.8, 4) is 41.2 Å². The molecule has 116 heavy (non-hydrogen) atoms. The van der Waals surface area contributed by atoms with Crippen LogP contribution in [0.2, 0.25) is 10.0 Å². The Kier molecular flexibility index (Phi) is 39.4. The third-order valence-corrected chi connectivity index (χ3v) is 19.6. The first-order valence-electron chi connectivity index (χ1n) is 34.9. The average Bonchev–Trinajstić information content (AvgIpc) is 0.828. The maximum absolute atomic E-state index is 13.9. The van der Waals surface area contributed by atoms with E-state index in [4.69, 9.17) is 62.6 Å². The molecule has 610 valence electrons. The summed E-state index contributed by atoms with van der Waals surface area (Å²) in [6.07, 6.45) is 0.623. The van der Waals surface area contributed by atoms with E-state index in [0.717, 1.165) is 11.1 Å². The van der Waals surface area contributed by atoms with Crippen molar-refractivity contribution in [3.05, 3.63) is 225 Å². The molecule has 0 heterocycles. The number of halogens is 9. The molecule has 0 unspecified atom stereocenters. The number of hydrogen-bond acceptors (Lipinski definition) is 16. The number of carbonyl (C=O) groups excluding carboxylic acids is 5. The van der Waals surface area contributed by atoms with E-state index in [1.54, 1.807) is 140 Å². The van der Waals surface area contributed by atoms with Crippen molar-refractivity contribution < 1.29 is 86.9 Å². The van der Waals surface area contributed by atoms with Crippen molar-refractivity contribution in [1.29, 1.82) is 15.8 Å². The van der Waals surface area contributed by atoms with E-state index in [0.29, 0.717) is 124 Å².